The van der Waals surface area contributed by atoms with Gasteiger partial charge >= 0.3 is 17.9 Å². The monoisotopic (exact) mass is 951 g/mol. The van der Waals surface area contributed by atoms with Gasteiger partial charge in [0.25, 0.3) is 0 Å². The molecule has 0 saturated heterocycles. The van der Waals surface area contributed by atoms with Gasteiger partial charge in [0.05, 0.1) is 0 Å². The standard InChI is InChI=1S/C62H110O6/c1-4-7-10-13-16-19-22-25-28-30-31-33-34-37-40-43-46-49-52-55-61(64)67-58-59(57-66-60(63)54-51-48-45-42-39-36-27-24-21-18-15-12-9-6-3)68-62(65)56-53-50-47-44-41-38-35-32-29-26-23-20-17-14-11-8-5-2/h8,11,17,20,26,29,35,38,44,47,59H,4-7,9-10,12-16,18-19,21-25,27-28,30-34,36-37,39-43,45-46,48-58H2,1-3H3/b11-8+,20-17+,29-26+,38-35+,47-44+/t59-/m1/s1. The number of esters is 3. The Labute approximate surface area is 421 Å². The van der Waals surface area contributed by atoms with E-state index in [0.717, 1.165) is 77.0 Å². The van der Waals surface area contributed by atoms with Crippen LogP contribution in [-0.4, -0.2) is 37.2 Å². The van der Waals surface area contributed by atoms with Crippen LogP contribution in [0.25, 0.3) is 0 Å². The Kier molecular flexibility index (Phi) is 54.3. The van der Waals surface area contributed by atoms with Gasteiger partial charge in [-0.05, 0) is 57.8 Å². The van der Waals surface area contributed by atoms with E-state index in [4.69, 9.17) is 14.2 Å². The molecule has 0 aromatic rings. The molecule has 394 valence electrons. The predicted molar refractivity (Wildman–Crippen MR) is 293 cm³/mol. The second-order valence-electron chi connectivity index (χ2n) is 19.5. The normalized spacial score (nSPS) is 12.5. The van der Waals surface area contributed by atoms with E-state index < -0.39 is 6.10 Å². The van der Waals surface area contributed by atoms with Crippen LogP contribution in [0.5, 0.6) is 0 Å². The summed E-state index contributed by atoms with van der Waals surface area (Å²) < 4.78 is 16.8. The number of unbranched alkanes of at least 4 members (excludes halogenated alkanes) is 32. The van der Waals surface area contributed by atoms with Crippen molar-refractivity contribution in [2.75, 3.05) is 13.2 Å². The van der Waals surface area contributed by atoms with Gasteiger partial charge in [-0.2, -0.15) is 0 Å². The number of allylic oxidation sites excluding steroid dienone is 10. The summed E-state index contributed by atoms with van der Waals surface area (Å²) >= 11 is 0. The lowest BCUT2D eigenvalue weighted by Gasteiger charge is -2.18. The zero-order valence-electron chi connectivity index (χ0n) is 45.1. The van der Waals surface area contributed by atoms with E-state index in [1.165, 1.54) is 173 Å². The van der Waals surface area contributed by atoms with Crippen molar-refractivity contribution in [2.45, 2.75) is 303 Å². The number of carbonyl (C=O) groups excluding carboxylic acids is 3. The van der Waals surface area contributed by atoms with Crippen LogP contribution < -0.4 is 0 Å². The molecule has 0 aliphatic rings. The van der Waals surface area contributed by atoms with Gasteiger partial charge in [-0.1, -0.05) is 281 Å². The first kappa shape index (κ1) is 65.1. The molecule has 0 aliphatic carbocycles. The molecular formula is C62H110O6. The minimum Gasteiger partial charge on any atom is -0.462 e. The lowest BCUT2D eigenvalue weighted by molar-refractivity contribution is -0.167. The summed E-state index contributed by atoms with van der Waals surface area (Å²) in [6.07, 6.45) is 70.8. The van der Waals surface area contributed by atoms with Crippen molar-refractivity contribution in [1.82, 2.24) is 0 Å². The Morgan fingerprint density at radius 2 is 0.574 bits per heavy atom. The van der Waals surface area contributed by atoms with Gasteiger partial charge in [0.2, 0.25) is 0 Å². The molecule has 0 heterocycles. The maximum absolute atomic E-state index is 12.8. The molecule has 0 unspecified atom stereocenters. The van der Waals surface area contributed by atoms with Crippen molar-refractivity contribution in [3.8, 4) is 0 Å². The van der Waals surface area contributed by atoms with Gasteiger partial charge in [0.1, 0.15) is 13.2 Å². The zero-order chi connectivity index (χ0) is 49.3. The summed E-state index contributed by atoms with van der Waals surface area (Å²) in [5, 5.41) is 0. The highest BCUT2D eigenvalue weighted by Crippen LogP contribution is 2.17. The van der Waals surface area contributed by atoms with E-state index in [9.17, 15) is 14.4 Å². The molecule has 6 nitrogen and oxygen atoms in total. The fourth-order valence-corrected chi connectivity index (χ4v) is 8.42. The van der Waals surface area contributed by atoms with Gasteiger partial charge in [0.15, 0.2) is 6.10 Å². The molecular weight excluding hydrogens is 841 g/mol. The Bertz CT molecular complexity index is 1230. The highest BCUT2D eigenvalue weighted by Gasteiger charge is 2.19. The first-order valence-electron chi connectivity index (χ1n) is 29.3. The highest BCUT2D eigenvalue weighted by molar-refractivity contribution is 5.71. The molecule has 0 saturated carbocycles. The van der Waals surface area contributed by atoms with Crippen LogP contribution in [0.4, 0.5) is 0 Å². The van der Waals surface area contributed by atoms with E-state index in [1.54, 1.807) is 0 Å². The average Bonchev–Trinajstić information content (AvgIpc) is 3.34. The van der Waals surface area contributed by atoms with Crippen molar-refractivity contribution in [2.24, 2.45) is 0 Å². The number of carbonyl (C=O) groups is 3. The van der Waals surface area contributed by atoms with Crippen LogP contribution in [0.15, 0.2) is 60.8 Å². The number of ether oxygens (including phenoxy) is 3. The van der Waals surface area contributed by atoms with E-state index in [1.807, 2.05) is 0 Å². The van der Waals surface area contributed by atoms with Gasteiger partial charge in [0, 0.05) is 19.3 Å². The van der Waals surface area contributed by atoms with Gasteiger partial charge in [-0.25, -0.2) is 0 Å². The van der Waals surface area contributed by atoms with E-state index in [0.29, 0.717) is 19.3 Å². The second-order valence-corrected chi connectivity index (χ2v) is 19.5. The maximum Gasteiger partial charge on any atom is 0.306 e. The van der Waals surface area contributed by atoms with Crippen molar-refractivity contribution in [3.05, 3.63) is 60.8 Å². The van der Waals surface area contributed by atoms with Crippen LogP contribution in [0.3, 0.4) is 0 Å². The fraction of sp³-hybridized carbons (Fsp3) is 0.790. The molecule has 6 heteroatoms. The smallest absolute Gasteiger partial charge is 0.306 e. The Hall–Kier alpha value is -2.89. The molecule has 1 atom stereocenters. The molecule has 0 N–H and O–H groups in total. The molecule has 0 spiro atoms. The number of hydrogen-bond acceptors (Lipinski definition) is 6. The van der Waals surface area contributed by atoms with Crippen molar-refractivity contribution < 1.29 is 28.6 Å². The van der Waals surface area contributed by atoms with Crippen molar-refractivity contribution in [1.29, 1.82) is 0 Å². The van der Waals surface area contributed by atoms with Crippen molar-refractivity contribution >= 4 is 17.9 Å². The minimum absolute atomic E-state index is 0.0927. The topological polar surface area (TPSA) is 78.9 Å². The van der Waals surface area contributed by atoms with Gasteiger partial charge < -0.3 is 14.2 Å². The quantitative estimate of drug-likeness (QED) is 0.0262. The summed E-state index contributed by atoms with van der Waals surface area (Å²) in [4.78, 5) is 38.1. The summed E-state index contributed by atoms with van der Waals surface area (Å²) in [7, 11) is 0. The van der Waals surface area contributed by atoms with Crippen LogP contribution in [-0.2, 0) is 28.6 Å². The SMILES string of the molecule is CC/C=C/C/C=C/C/C=C/C/C=C/C/C=C/CCCC(=O)O[C@H](COC(=O)CCCCCCCCCCCCCCCC)COC(=O)CCCCCCCCCCCCCCCCCCCCC. The predicted octanol–water partition coefficient (Wildman–Crippen LogP) is 19.6. The third-order valence-corrected chi connectivity index (χ3v) is 12.8. The third kappa shape index (κ3) is 54.1. The highest BCUT2D eigenvalue weighted by atomic mass is 16.6. The Balaban J connectivity index is 4.41. The van der Waals surface area contributed by atoms with E-state index in [2.05, 4.69) is 81.5 Å². The molecule has 0 rings (SSSR count). The summed E-state index contributed by atoms with van der Waals surface area (Å²) in [6, 6.07) is 0. The Morgan fingerprint density at radius 3 is 0.882 bits per heavy atom. The summed E-state index contributed by atoms with van der Waals surface area (Å²) in [6.45, 7) is 6.52. The molecule has 0 amide bonds. The van der Waals surface area contributed by atoms with E-state index >= 15 is 0 Å². The van der Waals surface area contributed by atoms with Crippen LogP contribution in [0.1, 0.15) is 297 Å². The summed E-state index contributed by atoms with van der Waals surface area (Å²) in [5.41, 5.74) is 0. The lowest BCUT2D eigenvalue weighted by atomic mass is 10.0. The fourth-order valence-electron chi connectivity index (χ4n) is 8.42. The molecule has 0 aromatic heterocycles. The van der Waals surface area contributed by atoms with E-state index in [-0.39, 0.29) is 37.5 Å². The number of hydrogen-bond donors (Lipinski definition) is 0. The first-order chi connectivity index (χ1) is 33.5. The minimum atomic E-state index is -0.800. The largest absolute Gasteiger partial charge is 0.462 e. The molecule has 0 bridgehead atoms. The lowest BCUT2D eigenvalue weighted by Crippen LogP contribution is -2.30. The molecule has 0 aromatic carbocycles. The molecule has 0 aliphatic heterocycles. The average molecular weight is 952 g/mol. The van der Waals surface area contributed by atoms with Crippen LogP contribution in [0, 0.1) is 0 Å². The molecule has 0 fully saturated rings. The third-order valence-electron chi connectivity index (χ3n) is 12.8. The zero-order valence-corrected chi connectivity index (χ0v) is 45.1. The van der Waals surface area contributed by atoms with Crippen LogP contribution in [0.2, 0.25) is 0 Å². The molecule has 68 heavy (non-hydrogen) atoms. The van der Waals surface area contributed by atoms with Gasteiger partial charge in [-0.3, -0.25) is 14.4 Å². The van der Waals surface area contributed by atoms with Crippen LogP contribution >= 0.6 is 0 Å². The molecule has 0 radical (unpaired) electrons. The maximum atomic E-state index is 12.8. The number of rotatable bonds is 53. The summed E-state index contributed by atoms with van der Waals surface area (Å²) in [5.74, 6) is -0.936. The first-order valence-corrected chi connectivity index (χ1v) is 29.3. The van der Waals surface area contributed by atoms with Gasteiger partial charge in [-0.15, -0.1) is 0 Å². The second kappa shape index (κ2) is 56.7. The van der Waals surface area contributed by atoms with Crippen molar-refractivity contribution in [3.63, 3.8) is 0 Å². The Morgan fingerprint density at radius 1 is 0.309 bits per heavy atom.